The summed E-state index contributed by atoms with van der Waals surface area (Å²) in [6.45, 7) is 1.68. The number of rotatable bonds is 4. The smallest absolute Gasteiger partial charge is 0.257 e. The number of carbonyl (C=O) groups is 1. The lowest BCUT2D eigenvalue weighted by molar-refractivity contribution is 0.0937. The lowest BCUT2D eigenvalue weighted by atomic mass is 10.1. The summed E-state index contributed by atoms with van der Waals surface area (Å²) in [6, 6.07) is 1.99. The van der Waals surface area contributed by atoms with E-state index in [0.717, 1.165) is 12.1 Å². The van der Waals surface area contributed by atoms with Gasteiger partial charge in [-0.3, -0.25) is 4.79 Å². The number of nitrogen functional groups attached to an aromatic ring is 1. The molecule has 6 heteroatoms. The Hall–Kier alpha value is -1.69. The van der Waals surface area contributed by atoms with Crippen molar-refractivity contribution in [3.8, 4) is 0 Å². The van der Waals surface area contributed by atoms with Crippen molar-refractivity contribution in [3.05, 3.63) is 29.3 Å². The predicted molar refractivity (Wildman–Crippen MR) is 59.4 cm³/mol. The van der Waals surface area contributed by atoms with Gasteiger partial charge < -0.3 is 16.2 Å². The molecule has 94 valence electrons. The molecule has 0 fully saturated rings. The van der Waals surface area contributed by atoms with Crippen LogP contribution in [-0.4, -0.2) is 23.7 Å². The van der Waals surface area contributed by atoms with Gasteiger partial charge in [-0.25, -0.2) is 8.78 Å². The number of carbonyl (C=O) groups excluding carboxylic acids is 1. The van der Waals surface area contributed by atoms with Gasteiger partial charge in [0, 0.05) is 6.54 Å². The highest BCUT2D eigenvalue weighted by molar-refractivity contribution is 5.95. The number of aliphatic hydroxyl groups is 1. The Balaban J connectivity index is 2.79. The van der Waals surface area contributed by atoms with Crippen LogP contribution in [0.25, 0.3) is 0 Å². The molecular formula is C11H14F2N2O2. The fourth-order valence-electron chi connectivity index (χ4n) is 1.26. The standard InChI is InChI=1S/C11H14F2N2O2/c1-6(16)4-5-15-11(17)9-7(12)2-3-8(14)10(9)13/h2-3,6,16H,4-5,14H2,1H3,(H,15,17). The first-order valence-electron chi connectivity index (χ1n) is 5.13. The maximum Gasteiger partial charge on any atom is 0.257 e. The lowest BCUT2D eigenvalue weighted by Crippen LogP contribution is -2.28. The monoisotopic (exact) mass is 244 g/mol. The highest BCUT2D eigenvalue weighted by Gasteiger charge is 2.19. The van der Waals surface area contributed by atoms with Gasteiger partial charge in [-0.2, -0.15) is 0 Å². The SMILES string of the molecule is CC(O)CCNC(=O)c1c(F)ccc(N)c1F. The van der Waals surface area contributed by atoms with Crippen molar-refractivity contribution in [2.24, 2.45) is 0 Å². The van der Waals surface area contributed by atoms with Crippen molar-refractivity contribution in [2.75, 3.05) is 12.3 Å². The molecule has 0 spiro atoms. The molecule has 0 aliphatic carbocycles. The molecule has 17 heavy (non-hydrogen) atoms. The van der Waals surface area contributed by atoms with Gasteiger partial charge in [0.2, 0.25) is 0 Å². The Labute approximate surface area is 97.4 Å². The second-order valence-corrected chi connectivity index (χ2v) is 3.72. The number of amides is 1. The van der Waals surface area contributed by atoms with Crippen molar-refractivity contribution >= 4 is 11.6 Å². The molecule has 0 aliphatic rings. The van der Waals surface area contributed by atoms with Gasteiger partial charge in [0.05, 0.1) is 11.8 Å². The summed E-state index contributed by atoms with van der Waals surface area (Å²) in [4.78, 5) is 11.5. The van der Waals surface area contributed by atoms with Crippen LogP contribution in [0.4, 0.5) is 14.5 Å². The zero-order valence-corrected chi connectivity index (χ0v) is 9.34. The molecule has 1 atom stereocenters. The van der Waals surface area contributed by atoms with E-state index in [4.69, 9.17) is 10.8 Å². The Morgan fingerprint density at radius 1 is 1.53 bits per heavy atom. The van der Waals surface area contributed by atoms with Crippen LogP contribution < -0.4 is 11.1 Å². The number of anilines is 1. The van der Waals surface area contributed by atoms with Crippen molar-refractivity contribution in [1.82, 2.24) is 5.32 Å². The van der Waals surface area contributed by atoms with E-state index in [0.29, 0.717) is 6.42 Å². The zero-order valence-electron chi connectivity index (χ0n) is 9.34. The van der Waals surface area contributed by atoms with E-state index in [2.05, 4.69) is 5.32 Å². The minimum atomic E-state index is -1.07. The highest BCUT2D eigenvalue weighted by Crippen LogP contribution is 2.18. The van der Waals surface area contributed by atoms with Crippen LogP contribution in [0.5, 0.6) is 0 Å². The van der Waals surface area contributed by atoms with Crippen LogP contribution in [0.1, 0.15) is 23.7 Å². The van der Waals surface area contributed by atoms with Gasteiger partial charge in [-0.1, -0.05) is 0 Å². The van der Waals surface area contributed by atoms with Crippen molar-refractivity contribution in [1.29, 1.82) is 0 Å². The van der Waals surface area contributed by atoms with Crippen molar-refractivity contribution in [3.63, 3.8) is 0 Å². The van der Waals surface area contributed by atoms with Gasteiger partial charge in [0.1, 0.15) is 11.4 Å². The molecule has 0 saturated carbocycles. The Morgan fingerprint density at radius 3 is 2.76 bits per heavy atom. The van der Waals surface area contributed by atoms with Crippen molar-refractivity contribution in [2.45, 2.75) is 19.4 Å². The number of halogens is 2. The quantitative estimate of drug-likeness (QED) is 0.693. The summed E-state index contributed by atoms with van der Waals surface area (Å²) in [5, 5.41) is 11.3. The van der Waals surface area contributed by atoms with E-state index < -0.39 is 29.2 Å². The first-order chi connectivity index (χ1) is 7.93. The minimum absolute atomic E-state index is 0.129. The number of nitrogens with one attached hydrogen (secondary N) is 1. The molecule has 0 radical (unpaired) electrons. The minimum Gasteiger partial charge on any atom is -0.396 e. The summed E-state index contributed by atoms with van der Waals surface area (Å²) >= 11 is 0. The molecule has 1 unspecified atom stereocenters. The molecule has 4 N–H and O–H groups in total. The Morgan fingerprint density at radius 2 is 2.18 bits per heavy atom. The fraction of sp³-hybridized carbons (Fsp3) is 0.364. The van der Waals surface area contributed by atoms with E-state index in [1.165, 1.54) is 0 Å². The number of nitrogens with two attached hydrogens (primary N) is 1. The van der Waals surface area contributed by atoms with Crippen molar-refractivity contribution < 1.29 is 18.7 Å². The van der Waals surface area contributed by atoms with Crippen LogP contribution in [0.3, 0.4) is 0 Å². The number of hydrogen-bond donors (Lipinski definition) is 3. The molecule has 0 aliphatic heterocycles. The first-order valence-corrected chi connectivity index (χ1v) is 5.13. The maximum atomic E-state index is 13.4. The van der Waals surface area contributed by atoms with Crippen LogP contribution in [0, 0.1) is 11.6 Å². The van der Waals surface area contributed by atoms with E-state index in [1.54, 1.807) is 6.92 Å². The largest absolute Gasteiger partial charge is 0.396 e. The normalized spacial score (nSPS) is 12.2. The summed E-state index contributed by atoms with van der Waals surface area (Å²) in [7, 11) is 0. The van der Waals surface area contributed by atoms with E-state index in [9.17, 15) is 13.6 Å². The molecule has 0 bridgehead atoms. The molecule has 1 rings (SSSR count). The number of aliphatic hydroxyl groups excluding tert-OH is 1. The molecule has 1 amide bonds. The number of benzene rings is 1. The lowest BCUT2D eigenvalue weighted by Gasteiger charge is -2.09. The van der Waals surface area contributed by atoms with Crippen LogP contribution in [0.15, 0.2) is 12.1 Å². The summed E-state index contributed by atoms with van der Waals surface area (Å²) in [5.74, 6) is -2.92. The molecule has 1 aromatic rings. The van der Waals surface area contributed by atoms with Crippen LogP contribution >= 0.6 is 0 Å². The summed E-state index contributed by atoms with van der Waals surface area (Å²) in [6.07, 6.45) is -0.289. The maximum absolute atomic E-state index is 13.4. The van der Waals surface area contributed by atoms with Crippen LogP contribution in [-0.2, 0) is 0 Å². The number of hydrogen-bond acceptors (Lipinski definition) is 3. The third kappa shape index (κ3) is 3.39. The molecule has 0 aromatic heterocycles. The van der Waals surface area contributed by atoms with Gasteiger partial charge in [-0.05, 0) is 25.5 Å². The Kier molecular flexibility index (Phi) is 4.39. The van der Waals surface area contributed by atoms with E-state index >= 15 is 0 Å². The predicted octanol–water partition coefficient (Wildman–Crippen LogP) is 1.05. The van der Waals surface area contributed by atoms with Gasteiger partial charge in [0.15, 0.2) is 5.82 Å². The fourth-order valence-corrected chi connectivity index (χ4v) is 1.26. The molecule has 0 heterocycles. The average molecular weight is 244 g/mol. The van der Waals surface area contributed by atoms with Gasteiger partial charge in [0.25, 0.3) is 5.91 Å². The topological polar surface area (TPSA) is 75.3 Å². The third-order valence-electron chi connectivity index (χ3n) is 2.20. The van der Waals surface area contributed by atoms with E-state index in [1.807, 2.05) is 0 Å². The molecule has 4 nitrogen and oxygen atoms in total. The summed E-state index contributed by atoms with van der Waals surface area (Å²) < 4.78 is 26.7. The first kappa shape index (κ1) is 13.4. The Bertz CT molecular complexity index is 422. The van der Waals surface area contributed by atoms with Gasteiger partial charge in [-0.15, -0.1) is 0 Å². The van der Waals surface area contributed by atoms with E-state index in [-0.39, 0.29) is 12.2 Å². The van der Waals surface area contributed by atoms with Gasteiger partial charge >= 0.3 is 0 Å². The molecule has 0 saturated heterocycles. The summed E-state index contributed by atoms with van der Waals surface area (Å²) in [5.41, 5.74) is 4.26. The second kappa shape index (κ2) is 5.58. The zero-order chi connectivity index (χ0) is 13.0. The van der Waals surface area contributed by atoms with Crippen LogP contribution in [0.2, 0.25) is 0 Å². The average Bonchev–Trinajstić information content (AvgIpc) is 2.23. The second-order valence-electron chi connectivity index (χ2n) is 3.72. The third-order valence-corrected chi connectivity index (χ3v) is 2.20. The highest BCUT2D eigenvalue weighted by atomic mass is 19.1. The molecule has 1 aromatic carbocycles. The molecular weight excluding hydrogens is 230 g/mol.